The lowest BCUT2D eigenvalue weighted by Crippen LogP contribution is -2.28. The van der Waals surface area contributed by atoms with Gasteiger partial charge in [-0.2, -0.15) is 5.10 Å². The Hall–Kier alpha value is -2.14. The molecule has 1 aromatic heterocycles. The van der Waals surface area contributed by atoms with E-state index in [0.29, 0.717) is 12.4 Å². The lowest BCUT2D eigenvalue weighted by atomic mass is 10.2. The van der Waals surface area contributed by atoms with Crippen molar-refractivity contribution in [2.24, 2.45) is 0 Å². The number of benzene rings is 1. The van der Waals surface area contributed by atoms with Gasteiger partial charge in [-0.05, 0) is 32.4 Å². The van der Waals surface area contributed by atoms with E-state index in [9.17, 15) is 4.79 Å². The van der Waals surface area contributed by atoms with Gasteiger partial charge in [-0.3, -0.25) is 4.79 Å². The SMILES string of the molecule is CCO[C@H](C)C(=O)Nc1ccnn1-c1ccccc1C. The first-order chi connectivity index (χ1) is 9.63. The van der Waals surface area contributed by atoms with Crippen LogP contribution >= 0.6 is 0 Å². The minimum Gasteiger partial charge on any atom is -0.369 e. The molecule has 0 spiro atoms. The van der Waals surface area contributed by atoms with E-state index in [1.54, 1.807) is 23.9 Å². The van der Waals surface area contributed by atoms with Crippen molar-refractivity contribution in [2.75, 3.05) is 11.9 Å². The van der Waals surface area contributed by atoms with Crippen molar-refractivity contribution in [2.45, 2.75) is 26.9 Å². The summed E-state index contributed by atoms with van der Waals surface area (Å²) in [4.78, 5) is 12.0. The van der Waals surface area contributed by atoms with Crippen LogP contribution in [0.3, 0.4) is 0 Å². The molecule has 1 atom stereocenters. The maximum atomic E-state index is 12.0. The number of aryl methyl sites for hydroxylation is 1. The first kappa shape index (κ1) is 14.3. The number of carbonyl (C=O) groups is 1. The third kappa shape index (κ3) is 3.05. The second-order valence-corrected chi connectivity index (χ2v) is 4.50. The monoisotopic (exact) mass is 273 g/mol. The highest BCUT2D eigenvalue weighted by molar-refractivity contribution is 5.93. The Balaban J connectivity index is 2.22. The second-order valence-electron chi connectivity index (χ2n) is 4.50. The molecule has 1 N–H and O–H groups in total. The zero-order valence-electron chi connectivity index (χ0n) is 12.0. The maximum Gasteiger partial charge on any atom is 0.254 e. The van der Waals surface area contributed by atoms with Crippen LogP contribution < -0.4 is 5.32 Å². The molecule has 1 amide bonds. The minimum absolute atomic E-state index is 0.179. The number of ether oxygens (including phenoxy) is 1. The van der Waals surface area contributed by atoms with Gasteiger partial charge in [-0.1, -0.05) is 18.2 Å². The van der Waals surface area contributed by atoms with E-state index in [1.807, 2.05) is 38.1 Å². The Labute approximate surface area is 118 Å². The first-order valence-corrected chi connectivity index (χ1v) is 6.66. The standard InChI is InChI=1S/C15H19N3O2/c1-4-20-12(3)15(19)17-14-9-10-16-18(14)13-8-6-5-7-11(13)2/h5-10,12H,4H2,1-3H3,(H,17,19)/t12-/m1/s1. The van der Waals surface area contributed by atoms with E-state index in [4.69, 9.17) is 4.74 Å². The Bertz CT molecular complexity index is 592. The number of amides is 1. The number of carbonyl (C=O) groups excluding carboxylic acids is 1. The summed E-state index contributed by atoms with van der Waals surface area (Å²) in [5, 5.41) is 7.10. The first-order valence-electron chi connectivity index (χ1n) is 6.66. The summed E-state index contributed by atoms with van der Waals surface area (Å²) in [5.41, 5.74) is 2.03. The Kier molecular flexibility index (Phi) is 4.53. The van der Waals surface area contributed by atoms with Crippen LogP contribution in [0.15, 0.2) is 36.5 Å². The summed E-state index contributed by atoms with van der Waals surface area (Å²) >= 11 is 0. The second kappa shape index (κ2) is 6.34. The number of hydrogen-bond acceptors (Lipinski definition) is 3. The highest BCUT2D eigenvalue weighted by atomic mass is 16.5. The fourth-order valence-electron chi connectivity index (χ4n) is 1.94. The van der Waals surface area contributed by atoms with Crippen LogP contribution in [0.25, 0.3) is 5.69 Å². The topological polar surface area (TPSA) is 56.1 Å². The van der Waals surface area contributed by atoms with Gasteiger partial charge in [-0.25, -0.2) is 4.68 Å². The van der Waals surface area contributed by atoms with Crippen molar-refractivity contribution >= 4 is 11.7 Å². The molecule has 0 aliphatic carbocycles. The van der Waals surface area contributed by atoms with Gasteiger partial charge in [0.2, 0.25) is 0 Å². The molecule has 0 radical (unpaired) electrons. The largest absolute Gasteiger partial charge is 0.369 e. The molecule has 5 nitrogen and oxygen atoms in total. The maximum absolute atomic E-state index is 12.0. The van der Waals surface area contributed by atoms with Crippen molar-refractivity contribution in [1.82, 2.24) is 9.78 Å². The van der Waals surface area contributed by atoms with Crippen LogP contribution in [0, 0.1) is 6.92 Å². The van der Waals surface area contributed by atoms with Gasteiger partial charge in [-0.15, -0.1) is 0 Å². The summed E-state index contributed by atoms with van der Waals surface area (Å²) in [6, 6.07) is 9.65. The normalized spacial score (nSPS) is 12.2. The molecule has 2 rings (SSSR count). The molecule has 106 valence electrons. The van der Waals surface area contributed by atoms with Gasteiger partial charge in [0.05, 0.1) is 11.9 Å². The number of anilines is 1. The van der Waals surface area contributed by atoms with E-state index < -0.39 is 6.10 Å². The number of aromatic nitrogens is 2. The van der Waals surface area contributed by atoms with Crippen LogP contribution in [0.1, 0.15) is 19.4 Å². The highest BCUT2D eigenvalue weighted by Gasteiger charge is 2.15. The van der Waals surface area contributed by atoms with Crippen molar-refractivity contribution < 1.29 is 9.53 Å². The molecule has 0 bridgehead atoms. The molecule has 2 aromatic rings. The Morgan fingerprint density at radius 2 is 2.15 bits per heavy atom. The average Bonchev–Trinajstić information content (AvgIpc) is 2.87. The fraction of sp³-hybridized carbons (Fsp3) is 0.333. The molecular formula is C15H19N3O2. The van der Waals surface area contributed by atoms with Crippen molar-refractivity contribution in [1.29, 1.82) is 0 Å². The molecule has 5 heteroatoms. The van der Waals surface area contributed by atoms with Gasteiger partial charge in [0, 0.05) is 12.7 Å². The molecule has 1 heterocycles. The Morgan fingerprint density at radius 3 is 2.85 bits per heavy atom. The van der Waals surface area contributed by atoms with Gasteiger partial charge in [0.25, 0.3) is 5.91 Å². The summed E-state index contributed by atoms with van der Waals surface area (Å²) < 4.78 is 6.99. The van der Waals surface area contributed by atoms with Crippen LogP contribution in [0.4, 0.5) is 5.82 Å². The third-order valence-electron chi connectivity index (χ3n) is 3.02. The number of rotatable bonds is 5. The third-order valence-corrected chi connectivity index (χ3v) is 3.02. The number of para-hydroxylation sites is 1. The smallest absolute Gasteiger partial charge is 0.254 e. The van der Waals surface area contributed by atoms with Gasteiger partial charge in [0.15, 0.2) is 0 Å². The number of nitrogens with one attached hydrogen (secondary N) is 1. The van der Waals surface area contributed by atoms with Crippen molar-refractivity contribution in [3.63, 3.8) is 0 Å². The summed E-state index contributed by atoms with van der Waals surface area (Å²) in [6.07, 6.45) is 1.17. The van der Waals surface area contributed by atoms with Crippen LogP contribution in [-0.2, 0) is 9.53 Å². The van der Waals surface area contributed by atoms with Gasteiger partial charge >= 0.3 is 0 Å². The zero-order chi connectivity index (χ0) is 14.5. The lowest BCUT2D eigenvalue weighted by Gasteiger charge is -2.14. The highest BCUT2D eigenvalue weighted by Crippen LogP contribution is 2.18. The molecule has 0 saturated carbocycles. The molecule has 0 saturated heterocycles. The van der Waals surface area contributed by atoms with E-state index in [0.717, 1.165) is 11.3 Å². The molecule has 20 heavy (non-hydrogen) atoms. The predicted octanol–water partition coefficient (Wildman–Crippen LogP) is 2.54. The van der Waals surface area contributed by atoms with E-state index in [-0.39, 0.29) is 5.91 Å². The van der Waals surface area contributed by atoms with Crippen molar-refractivity contribution in [3.8, 4) is 5.69 Å². The van der Waals surface area contributed by atoms with Crippen LogP contribution in [-0.4, -0.2) is 28.4 Å². The van der Waals surface area contributed by atoms with E-state index in [2.05, 4.69) is 10.4 Å². The number of nitrogens with zero attached hydrogens (tertiary/aromatic N) is 2. The summed E-state index contributed by atoms with van der Waals surface area (Å²) in [7, 11) is 0. The van der Waals surface area contributed by atoms with Gasteiger partial charge < -0.3 is 10.1 Å². The zero-order valence-corrected chi connectivity index (χ0v) is 12.0. The molecule has 0 unspecified atom stereocenters. The van der Waals surface area contributed by atoms with Crippen molar-refractivity contribution in [3.05, 3.63) is 42.1 Å². The lowest BCUT2D eigenvalue weighted by molar-refractivity contribution is -0.126. The van der Waals surface area contributed by atoms with Crippen LogP contribution in [0.2, 0.25) is 0 Å². The molecule has 0 aliphatic rings. The summed E-state index contributed by atoms with van der Waals surface area (Å²) in [5.74, 6) is 0.457. The van der Waals surface area contributed by atoms with Crippen LogP contribution in [0.5, 0.6) is 0 Å². The quantitative estimate of drug-likeness (QED) is 0.910. The molecule has 0 aliphatic heterocycles. The molecule has 0 fully saturated rings. The summed E-state index contributed by atoms with van der Waals surface area (Å²) in [6.45, 7) is 6.10. The predicted molar refractivity (Wildman–Crippen MR) is 78.0 cm³/mol. The minimum atomic E-state index is -0.486. The molecular weight excluding hydrogens is 254 g/mol. The average molecular weight is 273 g/mol. The Morgan fingerprint density at radius 1 is 1.40 bits per heavy atom. The molecule has 1 aromatic carbocycles. The number of hydrogen-bond donors (Lipinski definition) is 1. The fourth-order valence-corrected chi connectivity index (χ4v) is 1.94. The van der Waals surface area contributed by atoms with E-state index in [1.165, 1.54) is 0 Å². The van der Waals surface area contributed by atoms with Gasteiger partial charge in [0.1, 0.15) is 11.9 Å². The van der Waals surface area contributed by atoms with E-state index >= 15 is 0 Å².